The van der Waals surface area contributed by atoms with Crippen molar-refractivity contribution in [3.05, 3.63) is 41.7 Å². The first-order valence-electron chi connectivity index (χ1n) is 10.6. The summed E-state index contributed by atoms with van der Waals surface area (Å²) in [6.45, 7) is 8.16. The molecule has 3 heterocycles. The van der Waals surface area contributed by atoms with Gasteiger partial charge < -0.3 is 9.47 Å². The normalized spacial score (nSPS) is 15.7. The molecule has 1 unspecified atom stereocenters. The van der Waals surface area contributed by atoms with Gasteiger partial charge in [-0.25, -0.2) is 4.79 Å². The van der Waals surface area contributed by atoms with Crippen molar-refractivity contribution in [2.24, 2.45) is 0 Å². The number of nitrogens with one attached hydrogen (secondary N) is 2. The van der Waals surface area contributed by atoms with Gasteiger partial charge in [-0.05, 0) is 45.9 Å². The summed E-state index contributed by atoms with van der Waals surface area (Å²) >= 11 is 0. The number of carbonyl (C=O) groups excluding carboxylic acids is 2. The smallest absolute Gasteiger partial charge is 0.410 e. The van der Waals surface area contributed by atoms with Crippen molar-refractivity contribution in [3.63, 3.8) is 0 Å². The minimum atomic E-state index is -0.585. The van der Waals surface area contributed by atoms with E-state index in [1.807, 2.05) is 52.0 Å². The van der Waals surface area contributed by atoms with Crippen molar-refractivity contribution in [1.82, 2.24) is 29.9 Å². The first-order valence-corrected chi connectivity index (χ1v) is 10.6. The Bertz CT molecular complexity index is 1180. The lowest BCUT2D eigenvalue weighted by molar-refractivity contribution is 0.00904. The highest BCUT2D eigenvalue weighted by atomic mass is 16.6. The summed E-state index contributed by atoms with van der Waals surface area (Å²) in [4.78, 5) is 31.3. The molecule has 33 heavy (non-hydrogen) atoms. The van der Waals surface area contributed by atoms with Gasteiger partial charge in [0.15, 0.2) is 11.5 Å². The van der Waals surface area contributed by atoms with E-state index in [4.69, 9.17) is 9.47 Å². The number of methoxy groups -OCH3 is 1. The second kappa shape index (κ2) is 8.57. The number of hydrogen-bond donors (Lipinski definition) is 2. The molecule has 0 saturated carbocycles. The van der Waals surface area contributed by atoms with Gasteiger partial charge in [0.05, 0.1) is 37.5 Å². The van der Waals surface area contributed by atoms with Crippen LogP contribution in [0.3, 0.4) is 0 Å². The van der Waals surface area contributed by atoms with Gasteiger partial charge >= 0.3 is 6.09 Å². The molecule has 0 radical (unpaired) electrons. The van der Waals surface area contributed by atoms with E-state index in [0.29, 0.717) is 24.7 Å². The third-order valence-corrected chi connectivity index (χ3v) is 5.10. The Morgan fingerprint density at radius 1 is 1.24 bits per heavy atom. The number of nitrogens with zero attached hydrogens (tertiary/aromatic N) is 5. The molecule has 174 valence electrons. The van der Waals surface area contributed by atoms with Crippen LogP contribution in [0, 0.1) is 0 Å². The number of benzene rings is 1. The molecule has 1 atom stereocenters. The maximum absolute atomic E-state index is 12.8. The summed E-state index contributed by atoms with van der Waals surface area (Å²) in [5.41, 5.74) is 1.10. The Kier molecular flexibility index (Phi) is 5.79. The highest BCUT2D eigenvalue weighted by Gasteiger charge is 2.32. The fraction of sp³-hybridized carbons (Fsp3) is 0.409. The molecule has 0 spiro atoms. The summed E-state index contributed by atoms with van der Waals surface area (Å²) in [5, 5.41) is 13.9. The molecule has 11 nitrogen and oxygen atoms in total. The zero-order valence-electron chi connectivity index (χ0n) is 19.2. The average Bonchev–Trinajstić information content (AvgIpc) is 3.38. The minimum Gasteiger partial charge on any atom is -0.496 e. The van der Waals surface area contributed by atoms with Crippen LogP contribution in [-0.2, 0) is 17.8 Å². The molecule has 0 aliphatic carbocycles. The lowest BCUT2D eigenvalue weighted by atomic mass is 10.2. The van der Waals surface area contributed by atoms with Crippen LogP contribution in [0.4, 0.5) is 10.7 Å². The van der Waals surface area contributed by atoms with Gasteiger partial charge in [-0.2, -0.15) is 10.1 Å². The van der Waals surface area contributed by atoms with Crippen LogP contribution in [0.25, 0.3) is 11.4 Å². The highest BCUT2D eigenvalue weighted by molar-refractivity contribution is 6.02. The number of carbonyl (C=O) groups is 2. The summed E-state index contributed by atoms with van der Waals surface area (Å²) < 4.78 is 12.6. The number of rotatable bonds is 4. The number of para-hydroxylation sites is 1. The van der Waals surface area contributed by atoms with Crippen LogP contribution < -0.4 is 10.1 Å². The molecule has 3 aromatic rings. The number of amides is 2. The zero-order chi connectivity index (χ0) is 23.8. The predicted octanol–water partition coefficient (Wildman–Crippen LogP) is 3.07. The maximum Gasteiger partial charge on any atom is 0.410 e. The van der Waals surface area contributed by atoms with Crippen LogP contribution >= 0.6 is 0 Å². The summed E-state index contributed by atoms with van der Waals surface area (Å²) in [6.07, 6.45) is -0.391. The molecule has 1 aromatic carbocycles. The van der Waals surface area contributed by atoms with E-state index in [1.165, 1.54) is 0 Å². The van der Waals surface area contributed by atoms with E-state index in [1.54, 1.807) is 22.8 Å². The third kappa shape index (κ3) is 4.81. The topological polar surface area (TPSA) is 127 Å². The van der Waals surface area contributed by atoms with Crippen LogP contribution in [0.5, 0.6) is 5.75 Å². The molecule has 2 N–H and O–H groups in total. The van der Waals surface area contributed by atoms with Gasteiger partial charge in [0.1, 0.15) is 11.4 Å². The Hall–Kier alpha value is -3.89. The molecule has 2 aromatic heterocycles. The van der Waals surface area contributed by atoms with Crippen LogP contribution in [0.15, 0.2) is 30.3 Å². The van der Waals surface area contributed by atoms with Gasteiger partial charge in [0.25, 0.3) is 5.91 Å². The molecule has 4 rings (SSSR count). The number of aromatic amines is 1. The molecule has 2 amide bonds. The first-order chi connectivity index (χ1) is 15.6. The fourth-order valence-corrected chi connectivity index (χ4v) is 3.54. The van der Waals surface area contributed by atoms with Crippen molar-refractivity contribution in [2.75, 3.05) is 12.4 Å². The average molecular weight is 454 g/mol. The summed E-state index contributed by atoms with van der Waals surface area (Å²) in [5.74, 6) is 0.778. The van der Waals surface area contributed by atoms with E-state index in [-0.39, 0.29) is 17.7 Å². The highest BCUT2D eigenvalue weighted by Crippen LogP contribution is 2.27. The summed E-state index contributed by atoms with van der Waals surface area (Å²) in [7, 11) is 1.57. The maximum atomic E-state index is 12.8. The molecular formula is C22H27N7O4. The van der Waals surface area contributed by atoms with E-state index in [9.17, 15) is 9.59 Å². The van der Waals surface area contributed by atoms with E-state index in [2.05, 4.69) is 25.6 Å². The molecular weight excluding hydrogens is 426 g/mol. The number of hydrogen-bond acceptors (Lipinski definition) is 7. The van der Waals surface area contributed by atoms with E-state index in [0.717, 1.165) is 11.3 Å². The van der Waals surface area contributed by atoms with Crippen LogP contribution in [0.1, 0.15) is 43.9 Å². The number of anilines is 1. The SMILES string of the molecule is COc1ccccc1-c1nc(NC(=O)c2cc3n(n2)CC(C)N(C(=O)OC(C)(C)C)C3)n[nH]1. The third-order valence-electron chi connectivity index (χ3n) is 5.10. The predicted molar refractivity (Wildman–Crippen MR) is 120 cm³/mol. The number of aromatic nitrogens is 5. The molecule has 1 aliphatic heterocycles. The molecule has 11 heteroatoms. The quantitative estimate of drug-likeness (QED) is 0.621. The van der Waals surface area contributed by atoms with E-state index < -0.39 is 17.6 Å². The fourth-order valence-electron chi connectivity index (χ4n) is 3.54. The Morgan fingerprint density at radius 3 is 2.73 bits per heavy atom. The van der Waals surface area contributed by atoms with Crippen molar-refractivity contribution in [2.45, 2.75) is 52.4 Å². The van der Waals surface area contributed by atoms with Gasteiger partial charge in [-0.15, -0.1) is 5.10 Å². The minimum absolute atomic E-state index is 0.121. The lowest BCUT2D eigenvalue weighted by Gasteiger charge is -2.35. The molecule has 0 bridgehead atoms. The van der Waals surface area contributed by atoms with Crippen molar-refractivity contribution in [3.8, 4) is 17.1 Å². The second-order valence-corrected chi connectivity index (χ2v) is 8.82. The van der Waals surface area contributed by atoms with Crippen molar-refractivity contribution >= 4 is 17.9 Å². The summed E-state index contributed by atoms with van der Waals surface area (Å²) in [6, 6.07) is 8.90. The molecule has 1 aliphatic rings. The van der Waals surface area contributed by atoms with Gasteiger partial charge in [0.2, 0.25) is 5.95 Å². The van der Waals surface area contributed by atoms with Crippen LogP contribution in [0.2, 0.25) is 0 Å². The van der Waals surface area contributed by atoms with Gasteiger partial charge in [-0.3, -0.25) is 24.8 Å². The standard InChI is InChI=1S/C22H27N7O4/c1-13-11-29-14(12-28(13)21(31)33-22(2,3)4)10-16(27-29)19(30)24-20-23-18(25-26-20)15-8-6-7-9-17(15)32-5/h6-10,13H,11-12H2,1-5H3,(H2,23,24,25,26,30). The van der Waals surface area contributed by atoms with E-state index >= 15 is 0 Å². The van der Waals surface area contributed by atoms with Gasteiger partial charge in [0, 0.05) is 0 Å². The number of H-pyrrole nitrogens is 1. The molecule has 0 fully saturated rings. The van der Waals surface area contributed by atoms with Gasteiger partial charge in [-0.1, -0.05) is 12.1 Å². The second-order valence-electron chi connectivity index (χ2n) is 8.82. The Labute approximate surface area is 191 Å². The number of ether oxygens (including phenoxy) is 2. The van der Waals surface area contributed by atoms with Crippen molar-refractivity contribution < 1.29 is 19.1 Å². The monoisotopic (exact) mass is 453 g/mol. The van der Waals surface area contributed by atoms with Crippen LogP contribution in [-0.4, -0.2) is 60.6 Å². The largest absolute Gasteiger partial charge is 0.496 e. The first kappa shape index (κ1) is 22.3. The Balaban J connectivity index is 1.47. The molecule has 0 saturated heterocycles. The number of fused-ring (bicyclic) bond motifs is 1. The Morgan fingerprint density at radius 2 is 2.00 bits per heavy atom. The zero-order valence-corrected chi connectivity index (χ0v) is 19.2. The lowest BCUT2D eigenvalue weighted by Crippen LogP contribution is -2.46. The van der Waals surface area contributed by atoms with Crippen molar-refractivity contribution in [1.29, 1.82) is 0 Å².